The van der Waals surface area contributed by atoms with Crippen LogP contribution < -0.4 is 9.64 Å². The molecule has 2 aromatic rings. The van der Waals surface area contributed by atoms with Crippen LogP contribution in [0.1, 0.15) is 18.9 Å². The predicted molar refractivity (Wildman–Crippen MR) is 109 cm³/mol. The van der Waals surface area contributed by atoms with Gasteiger partial charge in [0.25, 0.3) is 11.1 Å². The molecule has 8 heteroatoms. The molecular weight excluding hydrogens is 402 g/mol. The lowest BCUT2D eigenvalue weighted by Crippen LogP contribution is -2.27. The quantitative estimate of drug-likeness (QED) is 0.678. The molecule has 0 radical (unpaired) electrons. The topological polar surface area (TPSA) is 83.9 Å². The first-order valence-electron chi connectivity index (χ1n) is 8.42. The molecule has 0 spiro atoms. The first kappa shape index (κ1) is 20.0. The van der Waals surface area contributed by atoms with Gasteiger partial charge in [-0.2, -0.15) is 0 Å². The molecule has 0 saturated carbocycles. The molecule has 1 N–H and O–H groups in total. The summed E-state index contributed by atoms with van der Waals surface area (Å²) in [7, 11) is 0. The van der Waals surface area contributed by atoms with Crippen molar-refractivity contribution in [3.05, 3.63) is 64.0 Å². The highest BCUT2D eigenvalue weighted by atomic mass is 35.5. The third-order valence-electron chi connectivity index (χ3n) is 3.96. The number of hydrogen-bond donors (Lipinski definition) is 1. The first-order chi connectivity index (χ1) is 13.4. The standard InChI is InChI=1S/C20H16ClNO5S/c1-2-16(19(24)25)27-15-8-6-12(7-9-15)10-17-18(23)22(20(26)28-17)14-5-3-4-13(21)11-14/h3-11,16H,2H2,1H3,(H,24,25)/b17-10+. The van der Waals surface area contributed by atoms with Crippen LogP contribution in [0.3, 0.4) is 0 Å². The fourth-order valence-electron chi connectivity index (χ4n) is 2.57. The van der Waals surface area contributed by atoms with E-state index in [1.165, 1.54) is 0 Å². The predicted octanol–water partition coefficient (Wildman–Crippen LogP) is 4.82. The van der Waals surface area contributed by atoms with E-state index in [4.69, 9.17) is 21.4 Å². The molecule has 1 atom stereocenters. The molecule has 6 nitrogen and oxygen atoms in total. The number of nitrogens with zero attached hydrogens (tertiary/aromatic N) is 1. The van der Waals surface area contributed by atoms with E-state index in [-0.39, 0.29) is 4.91 Å². The summed E-state index contributed by atoms with van der Waals surface area (Å²) in [6, 6.07) is 13.2. The van der Waals surface area contributed by atoms with Gasteiger partial charge in [-0.05, 0) is 60.2 Å². The zero-order valence-electron chi connectivity index (χ0n) is 14.8. The Bertz CT molecular complexity index is 957. The summed E-state index contributed by atoms with van der Waals surface area (Å²) in [6.07, 6.45) is 1.03. The molecule has 3 rings (SSSR count). The third-order valence-corrected chi connectivity index (χ3v) is 5.07. The Morgan fingerprint density at radius 3 is 2.57 bits per heavy atom. The Balaban J connectivity index is 1.77. The molecule has 144 valence electrons. The molecule has 28 heavy (non-hydrogen) atoms. The molecule has 1 unspecified atom stereocenters. The first-order valence-corrected chi connectivity index (χ1v) is 9.61. The Morgan fingerprint density at radius 2 is 1.96 bits per heavy atom. The van der Waals surface area contributed by atoms with E-state index in [9.17, 15) is 14.4 Å². The van der Waals surface area contributed by atoms with Gasteiger partial charge in [0.2, 0.25) is 0 Å². The highest BCUT2D eigenvalue weighted by Gasteiger charge is 2.36. The molecule has 1 saturated heterocycles. The summed E-state index contributed by atoms with van der Waals surface area (Å²) < 4.78 is 5.41. The van der Waals surface area contributed by atoms with Crippen molar-refractivity contribution in [2.45, 2.75) is 19.4 Å². The van der Waals surface area contributed by atoms with Crippen LogP contribution in [0.2, 0.25) is 5.02 Å². The summed E-state index contributed by atoms with van der Waals surface area (Å²) in [5, 5.41) is 9.08. The summed E-state index contributed by atoms with van der Waals surface area (Å²) >= 11 is 6.79. The van der Waals surface area contributed by atoms with Crippen LogP contribution in [-0.4, -0.2) is 28.3 Å². The van der Waals surface area contributed by atoms with Gasteiger partial charge in [-0.15, -0.1) is 0 Å². The van der Waals surface area contributed by atoms with Gasteiger partial charge in [0, 0.05) is 5.02 Å². The van der Waals surface area contributed by atoms with Gasteiger partial charge >= 0.3 is 5.97 Å². The largest absolute Gasteiger partial charge is 0.479 e. The van der Waals surface area contributed by atoms with Crippen molar-refractivity contribution in [3.8, 4) is 5.75 Å². The summed E-state index contributed by atoms with van der Waals surface area (Å²) in [5.74, 6) is -1.03. The number of rotatable bonds is 6. The smallest absolute Gasteiger partial charge is 0.344 e. The van der Waals surface area contributed by atoms with Crippen LogP contribution in [0.4, 0.5) is 10.5 Å². The Morgan fingerprint density at radius 1 is 1.25 bits per heavy atom. The van der Waals surface area contributed by atoms with E-state index in [0.29, 0.717) is 28.4 Å². The lowest BCUT2D eigenvalue weighted by Gasteiger charge is -2.13. The number of carboxylic acid groups (broad SMARTS) is 1. The maximum absolute atomic E-state index is 12.6. The molecule has 1 heterocycles. The second-order valence-electron chi connectivity index (χ2n) is 5.92. The summed E-state index contributed by atoms with van der Waals surface area (Å²) in [4.78, 5) is 37.3. The molecule has 0 aliphatic carbocycles. The Kier molecular flexibility index (Phi) is 6.06. The van der Waals surface area contributed by atoms with Gasteiger partial charge in [0.05, 0.1) is 10.6 Å². The molecule has 1 aliphatic rings. The number of anilines is 1. The normalized spacial score (nSPS) is 16.5. The number of aliphatic carboxylic acids is 1. The number of halogens is 1. The SMILES string of the molecule is CCC(Oc1ccc(/C=C2/SC(=O)N(c3cccc(Cl)c3)C2=O)cc1)C(=O)O. The second-order valence-corrected chi connectivity index (χ2v) is 7.35. The number of carbonyl (C=O) groups is 3. The highest BCUT2D eigenvalue weighted by molar-refractivity contribution is 8.19. The Hall–Kier alpha value is -2.77. The van der Waals surface area contributed by atoms with Gasteiger partial charge in [0.15, 0.2) is 6.10 Å². The molecule has 0 bridgehead atoms. The maximum Gasteiger partial charge on any atom is 0.344 e. The second kappa shape index (κ2) is 8.50. The lowest BCUT2D eigenvalue weighted by molar-refractivity contribution is -0.145. The van der Waals surface area contributed by atoms with E-state index in [0.717, 1.165) is 16.7 Å². The van der Waals surface area contributed by atoms with Crippen LogP contribution in [0.25, 0.3) is 6.08 Å². The van der Waals surface area contributed by atoms with Gasteiger partial charge < -0.3 is 9.84 Å². The van der Waals surface area contributed by atoms with E-state index in [1.54, 1.807) is 61.5 Å². The molecule has 1 aliphatic heterocycles. The minimum absolute atomic E-state index is 0.288. The zero-order valence-corrected chi connectivity index (χ0v) is 16.4. The van der Waals surface area contributed by atoms with Crippen LogP contribution in [0.5, 0.6) is 5.75 Å². The van der Waals surface area contributed by atoms with Crippen LogP contribution in [0.15, 0.2) is 53.4 Å². The van der Waals surface area contributed by atoms with Crippen molar-refractivity contribution in [3.63, 3.8) is 0 Å². The average Bonchev–Trinajstić information content (AvgIpc) is 2.94. The van der Waals surface area contributed by atoms with E-state index < -0.39 is 23.2 Å². The minimum Gasteiger partial charge on any atom is -0.479 e. The number of ether oxygens (including phenoxy) is 1. The molecule has 2 aromatic carbocycles. The van der Waals surface area contributed by atoms with Gasteiger partial charge in [-0.1, -0.05) is 36.7 Å². The van der Waals surface area contributed by atoms with Crippen molar-refractivity contribution in [1.82, 2.24) is 0 Å². The van der Waals surface area contributed by atoms with Crippen LogP contribution in [0, 0.1) is 0 Å². The maximum atomic E-state index is 12.6. The highest BCUT2D eigenvalue weighted by Crippen LogP contribution is 2.36. The van der Waals surface area contributed by atoms with Crippen LogP contribution in [-0.2, 0) is 9.59 Å². The number of hydrogen-bond acceptors (Lipinski definition) is 5. The number of carbonyl (C=O) groups excluding carboxylic acids is 2. The van der Waals surface area contributed by atoms with Gasteiger partial charge in [0.1, 0.15) is 5.75 Å². The van der Waals surface area contributed by atoms with Gasteiger partial charge in [-0.25, -0.2) is 9.69 Å². The molecular formula is C20H16ClNO5S. The molecule has 2 amide bonds. The third kappa shape index (κ3) is 4.37. The van der Waals surface area contributed by atoms with Crippen LogP contribution >= 0.6 is 23.4 Å². The number of thioether (sulfide) groups is 1. The number of amides is 2. The van der Waals surface area contributed by atoms with E-state index in [1.807, 2.05) is 0 Å². The van der Waals surface area contributed by atoms with E-state index in [2.05, 4.69) is 0 Å². The average molecular weight is 418 g/mol. The summed E-state index contributed by atoms with van der Waals surface area (Å²) in [6.45, 7) is 1.73. The fraction of sp³-hybridized carbons (Fsp3) is 0.150. The van der Waals surface area contributed by atoms with E-state index >= 15 is 0 Å². The zero-order chi connectivity index (χ0) is 20.3. The van der Waals surface area contributed by atoms with Crippen molar-refractivity contribution >= 4 is 52.2 Å². The lowest BCUT2D eigenvalue weighted by atomic mass is 10.2. The van der Waals surface area contributed by atoms with Crippen molar-refractivity contribution in [2.75, 3.05) is 4.90 Å². The Labute approximate surface area is 170 Å². The molecule has 0 aromatic heterocycles. The number of imide groups is 1. The van der Waals surface area contributed by atoms with Crippen molar-refractivity contribution in [1.29, 1.82) is 0 Å². The monoisotopic (exact) mass is 417 g/mol. The fourth-order valence-corrected chi connectivity index (χ4v) is 3.60. The number of carboxylic acids is 1. The molecule has 1 fully saturated rings. The van der Waals surface area contributed by atoms with Crippen molar-refractivity contribution < 1.29 is 24.2 Å². The minimum atomic E-state index is -1.03. The van der Waals surface area contributed by atoms with Gasteiger partial charge in [-0.3, -0.25) is 9.59 Å². The summed E-state index contributed by atoms with van der Waals surface area (Å²) in [5.41, 5.74) is 1.11. The number of benzene rings is 2. The van der Waals surface area contributed by atoms with Crippen molar-refractivity contribution in [2.24, 2.45) is 0 Å².